The molecular formula is C15H22Br2O2. The van der Waals surface area contributed by atoms with Gasteiger partial charge in [0.1, 0.15) is 0 Å². The van der Waals surface area contributed by atoms with Crippen molar-refractivity contribution >= 4 is 31.9 Å². The fourth-order valence-electron chi connectivity index (χ4n) is 3.69. The van der Waals surface area contributed by atoms with Gasteiger partial charge in [0.2, 0.25) is 0 Å². The lowest BCUT2D eigenvalue weighted by Gasteiger charge is -2.50. The molecule has 1 saturated carbocycles. The van der Waals surface area contributed by atoms with Crippen molar-refractivity contribution in [3.05, 3.63) is 11.6 Å². The summed E-state index contributed by atoms with van der Waals surface area (Å²) in [4.78, 5) is 0.322. The van der Waals surface area contributed by atoms with Crippen molar-refractivity contribution in [1.29, 1.82) is 0 Å². The van der Waals surface area contributed by atoms with Gasteiger partial charge in [0.05, 0.1) is 17.0 Å². The van der Waals surface area contributed by atoms with E-state index < -0.39 is 5.79 Å². The Morgan fingerprint density at radius 1 is 1.21 bits per heavy atom. The maximum atomic E-state index is 6.39. The molecule has 0 aromatic heterocycles. The Bertz CT molecular complexity index is 365. The summed E-state index contributed by atoms with van der Waals surface area (Å²) < 4.78 is 12.6. The highest BCUT2D eigenvalue weighted by molar-refractivity contribution is 9.09. The summed E-state index contributed by atoms with van der Waals surface area (Å²) in [6, 6.07) is 0. The molecule has 0 unspecified atom stereocenters. The van der Waals surface area contributed by atoms with E-state index in [0.29, 0.717) is 10.9 Å². The van der Waals surface area contributed by atoms with Crippen LogP contribution >= 0.6 is 31.9 Å². The molecule has 3 aliphatic rings. The first-order chi connectivity index (χ1) is 9.12. The number of ether oxygens (including phenoxy) is 2. The van der Waals surface area contributed by atoms with Crippen LogP contribution in [0.3, 0.4) is 0 Å². The average molecular weight is 394 g/mol. The van der Waals surface area contributed by atoms with Crippen LogP contribution in [0.25, 0.3) is 0 Å². The Balaban J connectivity index is 1.79. The van der Waals surface area contributed by atoms with Gasteiger partial charge in [-0.3, -0.25) is 0 Å². The van der Waals surface area contributed by atoms with Crippen LogP contribution in [-0.2, 0) is 9.47 Å². The van der Waals surface area contributed by atoms with Gasteiger partial charge in [-0.05, 0) is 31.3 Å². The van der Waals surface area contributed by atoms with E-state index in [9.17, 15) is 0 Å². The number of hydrogen-bond acceptors (Lipinski definition) is 2. The minimum Gasteiger partial charge on any atom is -0.343 e. The van der Waals surface area contributed by atoms with Crippen molar-refractivity contribution in [3.8, 4) is 0 Å². The maximum absolute atomic E-state index is 6.39. The summed E-state index contributed by atoms with van der Waals surface area (Å²) in [6.45, 7) is 2.08. The number of fused-ring (bicyclic) bond motifs is 2. The Kier molecular flexibility index (Phi) is 4.43. The zero-order valence-electron chi connectivity index (χ0n) is 11.4. The molecule has 3 rings (SSSR count). The van der Waals surface area contributed by atoms with Gasteiger partial charge in [-0.25, -0.2) is 0 Å². The molecule has 0 radical (unpaired) electrons. The highest BCUT2D eigenvalue weighted by Crippen LogP contribution is 2.44. The molecule has 4 atom stereocenters. The summed E-state index contributed by atoms with van der Waals surface area (Å²) in [5.41, 5.74) is 1.21. The average Bonchev–Trinajstić information content (AvgIpc) is 2.43. The lowest BCUT2D eigenvalue weighted by atomic mass is 9.81. The second-order valence-electron chi connectivity index (χ2n) is 6.16. The molecule has 108 valence electrons. The molecule has 19 heavy (non-hydrogen) atoms. The molecule has 2 heterocycles. The molecular weight excluding hydrogens is 372 g/mol. The fraction of sp³-hybridized carbons (Fsp3) is 0.867. The first kappa shape index (κ1) is 14.6. The predicted octanol–water partition coefficient (Wildman–Crippen LogP) is 4.56. The topological polar surface area (TPSA) is 18.5 Å². The van der Waals surface area contributed by atoms with Crippen LogP contribution in [0.4, 0.5) is 0 Å². The maximum Gasteiger partial charge on any atom is 0.189 e. The highest BCUT2D eigenvalue weighted by atomic mass is 79.9. The van der Waals surface area contributed by atoms with E-state index in [1.165, 1.54) is 37.7 Å². The van der Waals surface area contributed by atoms with Crippen molar-refractivity contribution in [1.82, 2.24) is 0 Å². The van der Waals surface area contributed by atoms with Crippen molar-refractivity contribution in [2.24, 2.45) is 5.92 Å². The van der Waals surface area contributed by atoms with Gasteiger partial charge in [0.25, 0.3) is 0 Å². The van der Waals surface area contributed by atoms with Gasteiger partial charge >= 0.3 is 0 Å². The fourth-order valence-corrected chi connectivity index (χ4v) is 5.03. The molecule has 2 aliphatic heterocycles. The van der Waals surface area contributed by atoms with Gasteiger partial charge in [-0.15, -0.1) is 0 Å². The first-order valence-corrected chi connectivity index (χ1v) is 9.43. The van der Waals surface area contributed by atoms with Crippen LogP contribution in [-0.4, -0.2) is 28.2 Å². The number of alkyl halides is 2. The number of rotatable bonds is 2. The summed E-state index contributed by atoms with van der Waals surface area (Å²) in [5.74, 6) is 0.215. The molecule has 2 bridgehead atoms. The van der Waals surface area contributed by atoms with E-state index in [2.05, 4.69) is 44.9 Å². The summed E-state index contributed by atoms with van der Waals surface area (Å²) in [6.07, 6.45) is 10.7. The molecule has 1 aliphatic carbocycles. The monoisotopic (exact) mass is 392 g/mol. The van der Waals surface area contributed by atoms with Gasteiger partial charge in [0.15, 0.2) is 5.79 Å². The molecule has 2 nitrogen and oxygen atoms in total. The van der Waals surface area contributed by atoms with Crippen molar-refractivity contribution in [2.75, 3.05) is 5.33 Å². The SMILES string of the molecule is C[C@]12O[C@H](C3CCCCC3)C[C@H](O1)[C@H](Br)C=C2CBr. The standard InChI is InChI=1S/C15H22Br2O2/c1-15-11(9-16)7-12(17)14(19-15)8-13(18-15)10-5-3-2-4-6-10/h7,10,12-14H,2-6,8-9H2,1H3/t12-,13+,14+,15+/m1/s1. The van der Waals surface area contributed by atoms with Crippen LogP contribution in [0.5, 0.6) is 0 Å². The third kappa shape index (κ3) is 2.83. The van der Waals surface area contributed by atoms with E-state index in [-0.39, 0.29) is 6.10 Å². The van der Waals surface area contributed by atoms with Crippen LogP contribution in [0.1, 0.15) is 45.4 Å². The minimum atomic E-state index is -0.515. The van der Waals surface area contributed by atoms with Crippen LogP contribution in [0.2, 0.25) is 0 Å². The summed E-state index contributed by atoms with van der Waals surface area (Å²) in [7, 11) is 0. The van der Waals surface area contributed by atoms with Crippen LogP contribution in [0, 0.1) is 5.92 Å². The smallest absolute Gasteiger partial charge is 0.189 e. The molecule has 0 amide bonds. The van der Waals surface area contributed by atoms with Gasteiger partial charge in [0, 0.05) is 11.8 Å². The highest BCUT2D eigenvalue weighted by Gasteiger charge is 2.48. The molecule has 2 fully saturated rings. The Morgan fingerprint density at radius 2 is 1.89 bits per heavy atom. The number of hydrogen-bond donors (Lipinski definition) is 0. The lowest BCUT2D eigenvalue weighted by molar-refractivity contribution is -0.301. The van der Waals surface area contributed by atoms with Crippen molar-refractivity contribution < 1.29 is 9.47 Å². The van der Waals surface area contributed by atoms with Crippen LogP contribution < -0.4 is 0 Å². The second-order valence-corrected chi connectivity index (χ2v) is 7.78. The summed E-state index contributed by atoms with van der Waals surface area (Å²) in [5, 5.41) is 0.815. The third-order valence-electron chi connectivity index (χ3n) is 4.84. The first-order valence-electron chi connectivity index (χ1n) is 7.39. The quantitative estimate of drug-likeness (QED) is 0.505. The summed E-state index contributed by atoms with van der Waals surface area (Å²) >= 11 is 7.32. The van der Waals surface area contributed by atoms with Crippen molar-refractivity contribution in [3.63, 3.8) is 0 Å². The Hall–Kier alpha value is 0.620. The molecule has 0 aromatic rings. The molecule has 1 saturated heterocycles. The molecule has 0 aromatic carbocycles. The van der Waals surface area contributed by atoms with Gasteiger partial charge in [-0.2, -0.15) is 0 Å². The van der Waals surface area contributed by atoms with E-state index in [4.69, 9.17) is 9.47 Å². The second kappa shape index (κ2) is 5.78. The number of halogens is 2. The Morgan fingerprint density at radius 3 is 2.58 bits per heavy atom. The van der Waals surface area contributed by atoms with Gasteiger partial charge in [-0.1, -0.05) is 57.2 Å². The van der Waals surface area contributed by atoms with Crippen molar-refractivity contribution in [2.45, 2.75) is 68.3 Å². The minimum absolute atomic E-state index is 0.258. The normalized spacial score (nSPS) is 43.9. The van der Waals surface area contributed by atoms with Gasteiger partial charge < -0.3 is 9.47 Å². The zero-order chi connectivity index (χ0) is 13.5. The van der Waals surface area contributed by atoms with E-state index >= 15 is 0 Å². The molecule has 0 spiro atoms. The lowest BCUT2D eigenvalue weighted by Crippen LogP contribution is -2.55. The predicted molar refractivity (Wildman–Crippen MR) is 83.9 cm³/mol. The molecule has 0 N–H and O–H groups in total. The Labute approximate surface area is 132 Å². The largest absolute Gasteiger partial charge is 0.343 e. The van der Waals surface area contributed by atoms with E-state index in [1.807, 2.05) is 0 Å². The van der Waals surface area contributed by atoms with E-state index in [0.717, 1.165) is 17.7 Å². The third-order valence-corrected chi connectivity index (χ3v) is 6.29. The molecule has 4 heteroatoms. The zero-order valence-corrected chi connectivity index (χ0v) is 14.6. The van der Waals surface area contributed by atoms with Crippen LogP contribution in [0.15, 0.2) is 11.6 Å². The van der Waals surface area contributed by atoms with E-state index in [1.54, 1.807) is 0 Å².